The van der Waals surface area contributed by atoms with Gasteiger partial charge in [0.05, 0.1) is 28.7 Å². The van der Waals surface area contributed by atoms with Crippen LogP contribution in [0.4, 0.5) is 18.9 Å². The second-order valence-corrected chi connectivity index (χ2v) is 5.39. The van der Waals surface area contributed by atoms with E-state index in [0.29, 0.717) is 11.4 Å². The summed E-state index contributed by atoms with van der Waals surface area (Å²) in [6.45, 7) is 1.56. The van der Waals surface area contributed by atoms with Gasteiger partial charge in [-0.05, 0) is 31.2 Å². The smallest absolute Gasteiger partial charge is 0.322 e. The molecule has 128 valence electrons. The van der Waals surface area contributed by atoms with Gasteiger partial charge in [0.15, 0.2) is 0 Å². The normalized spacial score (nSPS) is 11.4. The predicted octanol–water partition coefficient (Wildman–Crippen LogP) is 4.45. The molecule has 25 heavy (non-hydrogen) atoms. The highest BCUT2D eigenvalue weighted by Gasteiger charge is 2.34. The molecule has 0 unspecified atom stereocenters. The summed E-state index contributed by atoms with van der Waals surface area (Å²) in [7, 11) is 0. The summed E-state index contributed by atoms with van der Waals surface area (Å²) in [5, 5.41) is 6.67. The van der Waals surface area contributed by atoms with E-state index >= 15 is 0 Å². The van der Waals surface area contributed by atoms with Crippen LogP contribution in [0.5, 0.6) is 0 Å². The summed E-state index contributed by atoms with van der Waals surface area (Å²) in [4.78, 5) is 12.4. The zero-order valence-corrected chi connectivity index (χ0v) is 13.2. The minimum absolute atomic E-state index is 0.119. The van der Waals surface area contributed by atoms with E-state index in [1.54, 1.807) is 31.2 Å². The number of hydrogen-bond donors (Lipinski definition) is 1. The van der Waals surface area contributed by atoms with Gasteiger partial charge in [0.25, 0.3) is 5.91 Å². The Bertz CT molecular complexity index is 901. The maximum atomic E-state index is 13.2. The number of para-hydroxylation sites is 2. The first-order valence-electron chi connectivity index (χ1n) is 7.45. The SMILES string of the molecule is Cc1c(C(=O)Nc2ccccc2)cnn1-c1ccccc1C(F)(F)F. The molecule has 1 aromatic heterocycles. The summed E-state index contributed by atoms with van der Waals surface area (Å²) in [5.74, 6) is -0.431. The molecule has 0 aliphatic carbocycles. The average molecular weight is 345 g/mol. The Hall–Kier alpha value is -3.09. The fraction of sp³-hybridized carbons (Fsp3) is 0.111. The van der Waals surface area contributed by atoms with Crippen LogP contribution in [0, 0.1) is 6.92 Å². The molecule has 1 heterocycles. The fourth-order valence-corrected chi connectivity index (χ4v) is 2.49. The number of nitrogens with one attached hydrogen (secondary N) is 1. The zero-order valence-electron chi connectivity index (χ0n) is 13.2. The first-order valence-corrected chi connectivity index (χ1v) is 7.45. The number of anilines is 1. The standard InChI is InChI=1S/C18H14F3N3O/c1-12-14(17(25)23-13-7-3-2-4-8-13)11-22-24(12)16-10-6-5-9-15(16)18(19,20)21/h2-11H,1H3,(H,23,25). The van der Waals surface area contributed by atoms with Gasteiger partial charge in [-0.15, -0.1) is 0 Å². The van der Waals surface area contributed by atoms with E-state index in [1.165, 1.54) is 24.4 Å². The van der Waals surface area contributed by atoms with E-state index in [4.69, 9.17) is 0 Å². The van der Waals surface area contributed by atoms with Crippen molar-refractivity contribution in [1.82, 2.24) is 9.78 Å². The van der Waals surface area contributed by atoms with E-state index in [9.17, 15) is 18.0 Å². The van der Waals surface area contributed by atoms with Gasteiger partial charge in [-0.25, -0.2) is 4.68 Å². The molecule has 1 N–H and O–H groups in total. The predicted molar refractivity (Wildman–Crippen MR) is 87.7 cm³/mol. The number of halogens is 3. The average Bonchev–Trinajstić information content (AvgIpc) is 2.96. The van der Waals surface area contributed by atoms with Crippen LogP contribution < -0.4 is 5.32 Å². The van der Waals surface area contributed by atoms with Crippen molar-refractivity contribution in [2.75, 3.05) is 5.32 Å². The molecule has 2 aromatic carbocycles. The molecule has 1 amide bonds. The molecule has 0 aliphatic heterocycles. The van der Waals surface area contributed by atoms with Gasteiger partial charge in [-0.1, -0.05) is 30.3 Å². The third kappa shape index (κ3) is 3.40. The molecule has 0 radical (unpaired) electrons. The maximum Gasteiger partial charge on any atom is 0.418 e. The maximum absolute atomic E-state index is 13.2. The second-order valence-electron chi connectivity index (χ2n) is 5.39. The van der Waals surface area contributed by atoms with Crippen LogP contribution in [0.2, 0.25) is 0 Å². The van der Waals surface area contributed by atoms with Crippen molar-refractivity contribution in [2.45, 2.75) is 13.1 Å². The molecule has 0 spiro atoms. The van der Waals surface area contributed by atoms with E-state index in [-0.39, 0.29) is 11.3 Å². The summed E-state index contributed by atoms with van der Waals surface area (Å²) in [5.41, 5.74) is 0.198. The van der Waals surface area contributed by atoms with Gasteiger partial charge in [0.2, 0.25) is 0 Å². The minimum Gasteiger partial charge on any atom is -0.322 e. The van der Waals surface area contributed by atoms with Gasteiger partial charge in [-0.2, -0.15) is 18.3 Å². The van der Waals surface area contributed by atoms with Crippen molar-refractivity contribution < 1.29 is 18.0 Å². The topological polar surface area (TPSA) is 46.9 Å². The third-order valence-electron chi connectivity index (χ3n) is 3.72. The highest BCUT2D eigenvalue weighted by molar-refractivity contribution is 6.04. The van der Waals surface area contributed by atoms with Crippen LogP contribution in [0.1, 0.15) is 21.6 Å². The van der Waals surface area contributed by atoms with Gasteiger partial charge in [-0.3, -0.25) is 4.79 Å². The number of carbonyl (C=O) groups excluding carboxylic acids is 1. The van der Waals surface area contributed by atoms with Crippen LogP contribution in [0.15, 0.2) is 60.8 Å². The molecule has 0 saturated carbocycles. The number of benzene rings is 2. The fourth-order valence-electron chi connectivity index (χ4n) is 2.49. The van der Waals surface area contributed by atoms with Crippen LogP contribution in [0.3, 0.4) is 0 Å². The number of aromatic nitrogens is 2. The monoisotopic (exact) mass is 345 g/mol. The van der Waals surface area contributed by atoms with Gasteiger partial charge in [0.1, 0.15) is 0 Å². The minimum atomic E-state index is -4.51. The largest absolute Gasteiger partial charge is 0.418 e. The Balaban J connectivity index is 1.96. The molecule has 3 aromatic rings. The Kier molecular flexibility index (Phi) is 4.31. The lowest BCUT2D eigenvalue weighted by Gasteiger charge is -2.14. The molecule has 0 aliphatic rings. The van der Waals surface area contributed by atoms with Gasteiger partial charge in [0, 0.05) is 5.69 Å². The van der Waals surface area contributed by atoms with Crippen LogP contribution in [-0.2, 0) is 6.18 Å². The second kappa shape index (κ2) is 6.43. The Morgan fingerprint density at radius 3 is 2.36 bits per heavy atom. The summed E-state index contributed by atoms with van der Waals surface area (Å²) >= 11 is 0. The Morgan fingerprint density at radius 1 is 1.04 bits per heavy atom. The van der Waals surface area contributed by atoms with E-state index in [0.717, 1.165) is 10.7 Å². The van der Waals surface area contributed by atoms with Crippen molar-refractivity contribution in [3.63, 3.8) is 0 Å². The highest BCUT2D eigenvalue weighted by Crippen LogP contribution is 2.34. The summed E-state index contributed by atoms with van der Waals surface area (Å²) in [6, 6.07) is 13.9. The molecule has 3 rings (SSSR count). The zero-order chi connectivity index (χ0) is 18.0. The van der Waals surface area contributed by atoms with Gasteiger partial charge < -0.3 is 5.32 Å². The quantitative estimate of drug-likeness (QED) is 0.762. The van der Waals surface area contributed by atoms with Gasteiger partial charge >= 0.3 is 6.18 Å². The number of amides is 1. The van der Waals surface area contributed by atoms with Crippen LogP contribution >= 0.6 is 0 Å². The van der Waals surface area contributed by atoms with Crippen molar-refractivity contribution in [3.05, 3.63) is 77.6 Å². The number of alkyl halides is 3. The number of hydrogen-bond acceptors (Lipinski definition) is 2. The first-order chi connectivity index (χ1) is 11.9. The molecular weight excluding hydrogens is 331 g/mol. The van der Waals surface area contributed by atoms with Crippen molar-refractivity contribution >= 4 is 11.6 Å². The van der Waals surface area contributed by atoms with E-state index < -0.39 is 17.6 Å². The van der Waals surface area contributed by atoms with Crippen molar-refractivity contribution in [1.29, 1.82) is 0 Å². The van der Waals surface area contributed by atoms with Crippen LogP contribution in [-0.4, -0.2) is 15.7 Å². The lowest BCUT2D eigenvalue weighted by atomic mass is 10.1. The molecule has 7 heteroatoms. The molecule has 4 nitrogen and oxygen atoms in total. The Morgan fingerprint density at radius 2 is 1.68 bits per heavy atom. The highest BCUT2D eigenvalue weighted by atomic mass is 19.4. The molecule has 0 bridgehead atoms. The van der Waals surface area contributed by atoms with E-state index in [1.807, 2.05) is 6.07 Å². The first kappa shape index (κ1) is 16.8. The van der Waals surface area contributed by atoms with Crippen LogP contribution in [0.25, 0.3) is 5.69 Å². The lowest BCUT2D eigenvalue weighted by molar-refractivity contribution is -0.137. The number of nitrogens with zero attached hydrogens (tertiary/aromatic N) is 2. The third-order valence-corrected chi connectivity index (χ3v) is 3.72. The molecular formula is C18H14F3N3O. The summed E-state index contributed by atoms with van der Waals surface area (Å²) < 4.78 is 40.7. The Labute approximate surface area is 141 Å². The number of rotatable bonds is 3. The van der Waals surface area contributed by atoms with E-state index in [2.05, 4.69) is 10.4 Å². The lowest BCUT2D eigenvalue weighted by Crippen LogP contribution is -2.14. The summed E-state index contributed by atoms with van der Waals surface area (Å²) in [6.07, 6.45) is -3.25. The molecule has 0 saturated heterocycles. The van der Waals surface area contributed by atoms with Crippen molar-refractivity contribution in [3.8, 4) is 5.69 Å². The molecule has 0 atom stereocenters. The molecule has 0 fully saturated rings. The number of carbonyl (C=O) groups is 1. The van der Waals surface area contributed by atoms with Crippen molar-refractivity contribution in [2.24, 2.45) is 0 Å².